The summed E-state index contributed by atoms with van der Waals surface area (Å²) in [6.45, 7) is 9.73. The van der Waals surface area contributed by atoms with Crippen molar-refractivity contribution in [1.29, 1.82) is 5.26 Å². The van der Waals surface area contributed by atoms with Crippen LogP contribution in [0.15, 0.2) is 78.0 Å². The molecule has 0 amide bonds. The highest BCUT2D eigenvalue weighted by atomic mass is 32.2. The van der Waals surface area contributed by atoms with E-state index in [-0.39, 0.29) is 10.3 Å². The molecule has 5 nitrogen and oxygen atoms in total. The van der Waals surface area contributed by atoms with Gasteiger partial charge >= 0.3 is 0 Å². The lowest BCUT2D eigenvalue weighted by atomic mass is 9.87. The number of pyridine rings is 1. The quantitative estimate of drug-likeness (QED) is 0.110. The van der Waals surface area contributed by atoms with Gasteiger partial charge in [0.1, 0.15) is 10.1 Å². The number of aromatic nitrogens is 1. The van der Waals surface area contributed by atoms with E-state index in [4.69, 9.17) is 5.26 Å². The summed E-state index contributed by atoms with van der Waals surface area (Å²) in [5.74, 6) is 0. The molecular formula is C35H48N2O3S. The average molecular weight is 577 g/mol. The Kier molecular flexibility index (Phi) is 14.8. The number of rotatable bonds is 14. The smallest absolute Gasteiger partial charge is 0.173 e. The topological polar surface area (TPSA) is 84.9 Å². The zero-order valence-electron chi connectivity index (χ0n) is 25.4. The van der Waals surface area contributed by atoms with E-state index >= 15 is 0 Å². The molecule has 222 valence electrons. The summed E-state index contributed by atoms with van der Waals surface area (Å²) in [7, 11) is -4.31. The number of nitriles is 1. The second kappa shape index (κ2) is 17.7. The Labute approximate surface area is 249 Å². The molecule has 41 heavy (non-hydrogen) atoms. The molecule has 2 aromatic carbocycles. The number of hydrogen-bond acceptors (Lipinski definition) is 4. The monoisotopic (exact) mass is 576 g/mol. The van der Waals surface area contributed by atoms with Gasteiger partial charge in [-0.2, -0.15) is 5.26 Å². The van der Waals surface area contributed by atoms with Crippen molar-refractivity contribution in [3.63, 3.8) is 0 Å². The van der Waals surface area contributed by atoms with E-state index in [0.717, 1.165) is 24.9 Å². The number of nitrogens with zero attached hydrogens (tertiary/aromatic N) is 2. The SMILES string of the molecule is CC(C)(C)c1ccc(C[n+]2ccc(C#N)cc2)cc1.CCCCCCCCCCCCc1ccc(S(=O)(=O)[O-])cc1. The van der Waals surface area contributed by atoms with Crippen LogP contribution in [0.2, 0.25) is 0 Å². The molecule has 0 atom stereocenters. The Morgan fingerprint density at radius 1 is 0.732 bits per heavy atom. The van der Waals surface area contributed by atoms with Crippen molar-refractivity contribution in [2.45, 2.75) is 115 Å². The van der Waals surface area contributed by atoms with Crippen LogP contribution < -0.4 is 4.57 Å². The van der Waals surface area contributed by atoms with E-state index in [0.29, 0.717) is 5.56 Å². The van der Waals surface area contributed by atoms with Gasteiger partial charge in [0.2, 0.25) is 0 Å². The maximum Gasteiger partial charge on any atom is 0.173 e. The number of benzene rings is 2. The second-order valence-electron chi connectivity index (χ2n) is 11.8. The third-order valence-corrected chi connectivity index (χ3v) is 8.09. The fraction of sp³-hybridized carbons (Fsp3) is 0.486. The first-order valence-corrected chi connectivity index (χ1v) is 16.5. The fourth-order valence-electron chi connectivity index (χ4n) is 4.60. The molecule has 0 bridgehead atoms. The molecule has 0 aliphatic heterocycles. The summed E-state index contributed by atoms with van der Waals surface area (Å²) in [5.41, 5.74) is 4.61. The Morgan fingerprint density at radius 3 is 1.68 bits per heavy atom. The highest BCUT2D eigenvalue weighted by Gasteiger charge is 2.13. The van der Waals surface area contributed by atoms with Crippen molar-refractivity contribution < 1.29 is 17.5 Å². The van der Waals surface area contributed by atoms with Gasteiger partial charge in [0.15, 0.2) is 18.9 Å². The second-order valence-corrected chi connectivity index (χ2v) is 13.2. The number of aryl methyl sites for hydroxylation is 1. The molecule has 0 aliphatic carbocycles. The highest BCUT2D eigenvalue weighted by Crippen LogP contribution is 2.22. The van der Waals surface area contributed by atoms with E-state index in [1.54, 1.807) is 12.1 Å². The predicted molar refractivity (Wildman–Crippen MR) is 166 cm³/mol. The molecule has 0 saturated carbocycles. The molecule has 3 rings (SSSR count). The summed E-state index contributed by atoms with van der Waals surface area (Å²) >= 11 is 0. The largest absolute Gasteiger partial charge is 0.744 e. The summed E-state index contributed by atoms with van der Waals surface area (Å²) in [6, 6.07) is 20.9. The van der Waals surface area contributed by atoms with Gasteiger partial charge in [-0.15, -0.1) is 0 Å². The molecule has 3 aromatic rings. The van der Waals surface area contributed by atoms with Crippen molar-refractivity contribution in [3.8, 4) is 6.07 Å². The molecular weight excluding hydrogens is 528 g/mol. The van der Waals surface area contributed by atoms with Crippen LogP contribution in [0.4, 0.5) is 0 Å². The standard InChI is InChI=1S/C18H30O3S.C17H19N2/c1-2-3-4-5-6-7-8-9-10-11-12-17-13-15-18(16-14-17)22(19,20)21;1-17(2,3)16-6-4-15(5-7-16)13-19-10-8-14(12-18)9-11-19/h13-16H,2-12H2,1H3,(H,19,20,21);4-11H,13H2,1-3H3/q;+1/p-1. The molecule has 0 unspecified atom stereocenters. The Balaban J connectivity index is 0.000000289. The molecule has 0 aliphatic rings. The van der Waals surface area contributed by atoms with E-state index in [2.05, 4.69) is 62.6 Å². The maximum atomic E-state index is 10.8. The Hall–Kier alpha value is -3.01. The third kappa shape index (κ3) is 13.9. The summed E-state index contributed by atoms with van der Waals surface area (Å²) < 4.78 is 34.6. The van der Waals surface area contributed by atoms with E-state index < -0.39 is 10.1 Å². The maximum absolute atomic E-state index is 10.8. The summed E-state index contributed by atoms with van der Waals surface area (Å²) in [6.07, 6.45) is 17.9. The lowest BCUT2D eigenvalue weighted by molar-refractivity contribution is -0.688. The van der Waals surface area contributed by atoms with Crippen LogP contribution in [0.5, 0.6) is 0 Å². The van der Waals surface area contributed by atoms with Crippen LogP contribution in [0.1, 0.15) is 114 Å². The molecule has 1 aromatic heterocycles. The first-order valence-electron chi connectivity index (χ1n) is 15.1. The lowest BCUT2D eigenvalue weighted by Crippen LogP contribution is -2.33. The van der Waals surface area contributed by atoms with Crippen LogP contribution in [0.25, 0.3) is 0 Å². The van der Waals surface area contributed by atoms with Gasteiger partial charge in [-0.05, 0) is 41.5 Å². The van der Waals surface area contributed by atoms with E-state index in [1.807, 2.05) is 24.5 Å². The van der Waals surface area contributed by atoms with Gasteiger partial charge in [-0.3, -0.25) is 0 Å². The number of hydrogen-bond donors (Lipinski definition) is 0. The fourth-order valence-corrected chi connectivity index (χ4v) is 5.07. The third-order valence-electron chi connectivity index (χ3n) is 7.24. The van der Waals surface area contributed by atoms with Gasteiger partial charge in [0.05, 0.1) is 16.5 Å². The average Bonchev–Trinajstić information content (AvgIpc) is 2.94. The van der Waals surface area contributed by atoms with Crippen LogP contribution in [-0.4, -0.2) is 13.0 Å². The summed E-state index contributed by atoms with van der Waals surface area (Å²) in [5, 5.41) is 8.77. The minimum Gasteiger partial charge on any atom is -0.744 e. The van der Waals surface area contributed by atoms with E-state index in [9.17, 15) is 13.0 Å². The minimum absolute atomic E-state index is 0.140. The lowest BCUT2D eigenvalue weighted by Gasteiger charge is -2.18. The van der Waals surface area contributed by atoms with Gasteiger partial charge in [0.25, 0.3) is 0 Å². The first-order chi connectivity index (χ1) is 19.5. The van der Waals surface area contributed by atoms with Crippen LogP contribution in [-0.2, 0) is 28.5 Å². The minimum atomic E-state index is -4.31. The van der Waals surface area contributed by atoms with Gasteiger partial charge in [-0.1, -0.05) is 122 Å². The van der Waals surface area contributed by atoms with Gasteiger partial charge in [-0.25, -0.2) is 13.0 Å². The van der Waals surface area contributed by atoms with Crippen LogP contribution in [0, 0.1) is 11.3 Å². The molecule has 6 heteroatoms. The Morgan fingerprint density at radius 2 is 1.22 bits per heavy atom. The normalized spacial score (nSPS) is 11.4. The zero-order valence-corrected chi connectivity index (χ0v) is 26.3. The zero-order chi connectivity index (χ0) is 30.1. The van der Waals surface area contributed by atoms with Crippen molar-refractivity contribution in [2.75, 3.05) is 0 Å². The van der Waals surface area contributed by atoms with E-state index in [1.165, 1.54) is 81.0 Å². The molecule has 1 heterocycles. The van der Waals surface area contributed by atoms with Crippen LogP contribution >= 0.6 is 0 Å². The van der Waals surface area contributed by atoms with Crippen molar-refractivity contribution in [1.82, 2.24) is 0 Å². The molecule has 0 fully saturated rings. The molecule has 0 N–H and O–H groups in total. The summed E-state index contributed by atoms with van der Waals surface area (Å²) in [4.78, 5) is -0.140. The van der Waals surface area contributed by atoms with Gasteiger partial charge in [0, 0.05) is 17.7 Å². The molecule has 0 spiro atoms. The number of unbranched alkanes of at least 4 members (excludes halogenated alkanes) is 9. The highest BCUT2D eigenvalue weighted by molar-refractivity contribution is 7.85. The predicted octanol–water partition coefficient (Wildman–Crippen LogP) is 8.25. The molecule has 0 saturated heterocycles. The van der Waals surface area contributed by atoms with Crippen molar-refractivity contribution in [3.05, 3.63) is 95.3 Å². The Bertz CT molecular complexity index is 1290. The van der Waals surface area contributed by atoms with Crippen LogP contribution in [0.3, 0.4) is 0 Å². The first kappa shape index (κ1) is 34.2. The van der Waals surface area contributed by atoms with Crippen molar-refractivity contribution >= 4 is 10.1 Å². The van der Waals surface area contributed by atoms with Gasteiger partial charge < -0.3 is 4.55 Å². The molecule has 0 radical (unpaired) electrons. The van der Waals surface area contributed by atoms with Crippen molar-refractivity contribution in [2.24, 2.45) is 0 Å².